The highest BCUT2D eigenvalue weighted by molar-refractivity contribution is 5.64. The molecule has 1 atom stereocenters. The first kappa shape index (κ1) is 23.9. The molecule has 0 bridgehead atoms. The van der Waals surface area contributed by atoms with Crippen LogP contribution in [0.1, 0.15) is 50.1 Å². The molecule has 1 aromatic carbocycles. The smallest absolute Gasteiger partial charge is 0.259 e. The lowest BCUT2D eigenvalue weighted by Gasteiger charge is -2.16. The Hall–Kier alpha value is -2.77. The lowest BCUT2D eigenvalue weighted by molar-refractivity contribution is 0.0531. The Bertz CT molecular complexity index is 1050. The van der Waals surface area contributed by atoms with Crippen molar-refractivity contribution in [3.8, 4) is 28.6 Å². The average molecular weight is 440 g/mol. The van der Waals surface area contributed by atoms with Gasteiger partial charge in [0, 0.05) is 17.5 Å². The van der Waals surface area contributed by atoms with Crippen molar-refractivity contribution >= 4 is 0 Å². The van der Waals surface area contributed by atoms with Gasteiger partial charge in [0.2, 0.25) is 5.82 Å². The number of hydrogen-bond donors (Lipinski definition) is 2. The fourth-order valence-corrected chi connectivity index (χ4v) is 3.67. The van der Waals surface area contributed by atoms with Crippen molar-refractivity contribution in [3.63, 3.8) is 0 Å². The zero-order chi connectivity index (χ0) is 23.3. The van der Waals surface area contributed by atoms with Gasteiger partial charge >= 0.3 is 0 Å². The summed E-state index contributed by atoms with van der Waals surface area (Å²) in [5, 5.41) is 22.8. The highest BCUT2D eigenvalue weighted by Gasteiger charge is 2.17. The van der Waals surface area contributed by atoms with Crippen molar-refractivity contribution in [2.75, 3.05) is 13.2 Å². The summed E-state index contributed by atoms with van der Waals surface area (Å²) >= 11 is 0. The van der Waals surface area contributed by atoms with Crippen LogP contribution in [0.15, 0.2) is 28.9 Å². The van der Waals surface area contributed by atoms with Crippen LogP contribution in [0.4, 0.5) is 0 Å². The molecular formula is C25H33N3O4. The van der Waals surface area contributed by atoms with E-state index in [-0.39, 0.29) is 13.2 Å². The van der Waals surface area contributed by atoms with Crippen LogP contribution in [-0.4, -0.2) is 44.7 Å². The van der Waals surface area contributed by atoms with E-state index in [4.69, 9.17) is 14.4 Å². The van der Waals surface area contributed by atoms with Gasteiger partial charge in [-0.05, 0) is 67.0 Å². The van der Waals surface area contributed by atoms with Crippen molar-refractivity contribution in [1.29, 1.82) is 0 Å². The molecule has 0 saturated heterocycles. The molecular weight excluding hydrogens is 406 g/mol. The Balaban J connectivity index is 1.89. The minimum atomic E-state index is -0.910. The number of ether oxygens (including phenoxy) is 1. The molecule has 2 heterocycles. The Kier molecular flexibility index (Phi) is 7.99. The number of rotatable bonds is 10. The zero-order valence-corrected chi connectivity index (χ0v) is 19.6. The molecule has 0 amide bonds. The van der Waals surface area contributed by atoms with Gasteiger partial charge in [0.05, 0.1) is 12.2 Å². The standard InChI is InChI=1S/C25H33N3O4/c1-6-17-10-20(12-26-22(17)8-15(3)4)25-27-24(28-32-25)19-9-16(5)23(18(7-2)11-19)31-14-21(30)13-29/h9-12,15,21,29-30H,6-8,13-14H2,1-5H3. The number of aliphatic hydroxyl groups excluding tert-OH is 2. The first-order valence-corrected chi connectivity index (χ1v) is 11.2. The van der Waals surface area contributed by atoms with Gasteiger partial charge in [-0.1, -0.05) is 32.9 Å². The van der Waals surface area contributed by atoms with Crippen LogP contribution >= 0.6 is 0 Å². The molecule has 0 aliphatic carbocycles. The molecule has 172 valence electrons. The molecule has 0 radical (unpaired) electrons. The summed E-state index contributed by atoms with van der Waals surface area (Å²) in [5.41, 5.74) is 5.86. The second-order valence-electron chi connectivity index (χ2n) is 8.49. The van der Waals surface area contributed by atoms with Crippen LogP contribution in [0.3, 0.4) is 0 Å². The highest BCUT2D eigenvalue weighted by Crippen LogP contribution is 2.31. The Labute approximate surface area is 189 Å². The zero-order valence-electron chi connectivity index (χ0n) is 19.6. The highest BCUT2D eigenvalue weighted by atomic mass is 16.5. The van der Waals surface area contributed by atoms with Gasteiger partial charge in [-0.15, -0.1) is 0 Å². The monoisotopic (exact) mass is 439 g/mol. The third-order valence-corrected chi connectivity index (χ3v) is 5.34. The predicted octanol–water partition coefficient (Wildman–Crippen LogP) is 4.16. The number of pyridine rings is 1. The van der Waals surface area contributed by atoms with E-state index in [1.54, 1.807) is 6.20 Å². The molecule has 0 spiro atoms. The van der Waals surface area contributed by atoms with Gasteiger partial charge in [0.1, 0.15) is 18.5 Å². The Morgan fingerprint density at radius 3 is 2.44 bits per heavy atom. The fourth-order valence-electron chi connectivity index (χ4n) is 3.67. The predicted molar refractivity (Wildman–Crippen MR) is 124 cm³/mol. The van der Waals surface area contributed by atoms with Gasteiger partial charge in [0.15, 0.2) is 0 Å². The van der Waals surface area contributed by atoms with Crippen LogP contribution in [0, 0.1) is 12.8 Å². The van der Waals surface area contributed by atoms with Gasteiger partial charge in [0.25, 0.3) is 5.89 Å². The van der Waals surface area contributed by atoms with Crippen molar-refractivity contribution in [2.45, 2.75) is 60.0 Å². The Morgan fingerprint density at radius 2 is 1.78 bits per heavy atom. The minimum Gasteiger partial charge on any atom is -0.490 e. The van der Waals surface area contributed by atoms with Crippen molar-refractivity contribution in [1.82, 2.24) is 15.1 Å². The molecule has 32 heavy (non-hydrogen) atoms. The van der Waals surface area contributed by atoms with E-state index < -0.39 is 6.10 Å². The lowest BCUT2D eigenvalue weighted by atomic mass is 10.0. The normalized spacial score (nSPS) is 12.4. The molecule has 3 aromatic rings. The van der Waals surface area contributed by atoms with Crippen LogP contribution in [-0.2, 0) is 19.3 Å². The third-order valence-electron chi connectivity index (χ3n) is 5.34. The maximum Gasteiger partial charge on any atom is 0.259 e. The molecule has 2 aromatic heterocycles. The molecule has 7 nitrogen and oxygen atoms in total. The lowest BCUT2D eigenvalue weighted by Crippen LogP contribution is -2.22. The summed E-state index contributed by atoms with van der Waals surface area (Å²) in [6.45, 7) is 10.2. The summed E-state index contributed by atoms with van der Waals surface area (Å²) in [5.74, 6) is 2.21. The maximum atomic E-state index is 9.60. The van der Waals surface area contributed by atoms with Crippen LogP contribution in [0.2, 0.25) is 0 Å². The van der Waals surface area contributed by atoms with E-state index in [0.717, 1.165) is 47.2 Å². The number of aryl methyl sites for hydroxylation is 3. The molecule has 3 rings (SSSR count). The van der Waals surface area contributed by atoms with Crippen LogP contribution in [0.25, 0.3) is 22.8 Å². The Morgan fingerprint density at radius 1 is 1.06 bits per heavy atom. The molecule has 7 heteroatoms. The number of hydrogen-bond acceptors (Lipinski definition) is 7. The van der Waals surface area contributed by atoms with E-state index >= 15 is 0 Å². The second kappa shape index (κ2) is 10.7. The average Bonchev–Trinajstić information content (AvgIpc) is 3.27. The van der Waals surface area contributed by atoms with Crippen molar-refractivity contribution < 1.29 is 19.5 Å². The van der Waals surface area contributed by atoms with E-state index in [1.807, 2.05) is 26.0 Å². The molecule has 0 aliphatic heterocycles. The third kappa shape index (κ3) is 5.53. The number of benzene rings is 1. The van der Waals surface area contributed by atoms with Crippen LogP contribution in [0.5, 0.6) is 5.75 Å². The summed E-state index contributed by atoms with van der Waals surface area (Å²) in [6.07, 6.45) is 3.48. The molecule has 2 N–H and O–H groups in total. The van der Waals surface area contributed by atoms with Crippen molar-refractivity contribution in [2.24, 2.45) is 5.92 Å². The molecule has 0 fully saturated rings. The van der Waals surface area contributed by atoms with E-state index in [9.17, 15) is 5.11 Å². The topological polar surface area (TPSA) is 102 Å². The fraction of sp³-hybridized carbons (Fsp3) is 0.480. The quantitative estimate of drug-likeness (QED) is 0.489. The maximum absolute atomic E-state index is 9.60. The van der Waals surface area contributed by atoms with Crippen LogP contribution < -0.4 is 4.74 Å². The van der Waals surface area contributed by atoms with Crippen molar-refractivity contribution in [3.05, 3.63) is 46.8 Å². The summed E-state index contributed by atoms with van der Waals surface area (Å²) < 4.78 is 11.3. The largest absolute Gasteiger partial charge is 0.490 e. The van der Waals surface area contributed by atoms with E-state index in [0.29, 0.717) is 23.4 Å². The summed E-state index contributed by atoms with van der Waals surface area (Å²) in [6, 6.07) is 6.01. The number of aliphatic hydroxyl groups is 2. The second-order valence-corrected chi connectivity index (χ2v) is 8.49. The van der Waals surface area contributed by atoms with Gasteiger partial charge in [-0.3, -0.25) is 4.98 Å². The molecule has 0 aliphatic rings. The molecule has 0 saturated carbocycles. The number of nitrogens with zero attached hydrogens (tertiary/aromatic N) is 3. The first-order valence-electron chi connectivity index (χ1n) is 11.2. The van der Waals surface area contributed by atoms with Gasteiger partial charge < -0.3 is 19.5 Å². The van der Waals surface area contributed by atoms with Gasteiger partial charge in [-0.25, -0.2) is 0 Å². The minimum absolute atomic E-state index is 0.0373. The van der Waals surface area contributed by atoms with E-state index in [2.05, 4.69) is 42.0 Å². The summed E-state index contributed by atoms with van der Waals surface area (Å²) in [7, 11) is 0. The SMILES string of the molecule is CCc1cc(-c2nc(-c3cc(C)c(OCC(O)CO)c(CC)c3)no2)cnc1CC(C)C. The summed E-state index contributed by atoms with van der Waals surface area (Å²) in [4.78, 5) is 9.28. The number of aromatic nitrogens is 3. The first-order chi connectivity index (χ1) is 15.4. The molecule has 1 unspecified atom stereocenters. The van der Waals surface area contributed by atoms with Gasteiger partial charge in [-0.2, -0.15) is 4.98 Å². The van der Waals surface area contributed by atoms with E-state index in [1.165, 1.54) is 5.56 Å².